The minimum Gasteiger partial charge on any atom is -0.416 e. The van der Waals surface area contributed by atoms with Crippen molar-refractivity contribution in [1.29, 1.82) is 0 Å². The number of nitrogens with zero attached hydrogens (tertiary/aromatic N) is 3. The van der Waals surface area contributed by atoms with Gasteiger partial charge in [-0.15, -0.1) is 10.2 Å². The van der Waals surface area contributed by atoms with Crippen LogP contribution in [0.15, 0.2) is 34.7 Å². The molecule has 2 aromatic heterocycles. The third-order valence-electron chi connectivity index (χ3n) is 5.56. The molecule has 4 rings (SSSR count). The highest BCUT2D eigenvalue weighted by Gasteiger charge is 2.58. The van der Waals surface area contributed by atoms with Crippen LogP contribution < -0.4 is 5.73 Å². The molecular weight excluding hydrogens is 454 g/mol. The van der Waals surface area contributed by atoms with Gasteiger partial charge in [0.1, 0.15) is 0 Å². The van der Waals surface area contributed by atoms with E-state index in [1.54, 1.807) is 18.2 Å². The number of aryl methyl sites for hydroxylation is 1. The standard InChI is InChI=1S/C21H18F6N4O2/c22-20(23,24)13-10-14(28)16-17-30-31-18(33-17)19(32,21(25,26)27)9-5-1-2-6-11-7-3-4-8-12(11)15(13)29-16/h3-4,7-8,10,32H,1-2,5-6,9,28H2/t19-/m1/s1. The van der Waals surface area contributed by atoms with Crippen LogP contribution >= 0.6 is 0 Å². The molecule has 1 aliphatic rings. The largest absolute Gasteiger partial charge is 0.426 e. The van der Waals surface area contributed by atoms with Crippen molar-refractivity contribution in [3.63, 3.8) is 0 Å². The summed E-state index contributed by atoms with van der Waals surface area (Å²) in [5.74, 6) is -1.75. The van der Waals surface area contributed by atoms with Crippen molar-refractivity contribution < 1.29 is 35.9 Å². The minimum absolute atomic E-state index is 0.0324. The van der Waals surface area contributed by atoms with Crippen LogP contribution in [0.3, 0.4) is 0 Å². The van der Waals surface area contributed by atoms with E-state index in [0.717, 1.165) is 0 Å². The molecule has 3 aromatic rings. The number of nitrogens with two attached hydrogens (primary N) is 1. The van der Waals surface area contributed by atoms with Crippen LogP contribution in [0.5, 0.6) is 0 Å². The number of rotatable bonds is 0. The molecular formula is C21H18F6N4O2. The maximum absolute atomic E-state index is 13.8. The number of aliphatic hydroxyl groups is 1. The lowest BCUT2D eigenvalue weighted by Gasteiger charge is -2.27. The Morgan fingerprint density at radius 2 is 1.70 bits per heavy atom. The molecule has 3 N–H and O–H groups in total. The number of benzene rings is 1. The van der Waals surface area contributed by atoms with E-state index in [1.807, 2.05) is 0 Å². The molecule has 0 saturated heterocycles. The lowest BCUT2D eigenvalue weighted by atomic mass is 9.92. The molecule has 0 aliphatic carbocycles. The summed E-state index contributed by atoms with van der Waals surface area (Å²) in [6, 6.07) is 6.98. The van der Waals surface area contributed by atoms with Crippen LogP contribution in [-0.2, 0) is 18.2 Å². The highest BCUT2D eigenvalue weighted by atomic mass is 19.4. The molecule has 6 nitrogen and oxygen atoms in total. The molecule has 1 aliphatic heterocycles. The molecule has 0 radical (unpaired) electrons. The Hall–Kier alpha value is -3.15. The van der Waals surface area contributed by atoms with Gasteiger partial charge in [-0.05, 0) is 37.3 Å². The molecule has 176 valence electrons. The average Bonchev–Trinajstić information content (AvgIpc) is 3.22. The summed E-state index contributed by atoms with van der Waals surface area (Å²) in [4.78, 5) is 4.02. The van der Waals surface area contributed by atoms with Gasteiger partial charge in [-0.1, -0.05) is 30.7 Å². The summed E-state index contributed by atoms with van der Waals surface area (Å²) >= 11 is 0. The Morgan fingerprint density at radius 3 is 2.39 bits per heavy atom. The highest BCUT2D eigenvalue weighted by molar-refractivity contribution is 5.76. The third kappa shape index (κ3) is 4.14. The number of anilines is 1. The van der Waals surface area contributed by atoms with Gasteiger partial charge in [-0.2, -0.15) is 26.3 Å². The zero-order chi connectivity index (χ0) is 24.0. The van der Waals surface area contributed by atoms with E-state index in [0.29, 0.717) is 24.5 Å². The molecule has 12 heteroatoms. The first-order valence-corrected chi connectivity index (χ1v) is 10.0. The lowest BCUT2D eigenvalue weighted by molar-refractivity contribution is -0.277. The molecule has 1 aromatic carbocycles. The van der Waals surface area contributed by atoms with Gasteiger partial charge in [-0.25, -0.2) is 4.98 Å². The second kappa shape index (κ2) is 8.01. The second-order valence-corrected chi connectivity index (χ2v) is 7.81. The van der Waals surface area contributed by atoms with Crippen molar-refractivity contribution in [3.8, 4) is 22.8 Å². The van der Waals surface area contributed by atoms with E-state index in [-0.39, 0.29) is 18.4 Å². The van der Waals surface area contributed by atoms with E-state index in [1.165, 1.54) is 6.07 Å². The molecule has 0 fully saturated rings. The predicted molar refractivity (Wildman–Crippen MR) is 105 cm³/mol. The van der Waals surface area contributed by atoms with Gasteiger partial charge >= 0.3 is 12.4 Å². The van der Waals surface area contributed by atoms with Crippen LogP contribution in [0.2, 0.25) is 0 Å². The Balaban J connectivity index is 1.98. The Bertz CT molecular complexity index is 1170. The molecule has 0 unspecified atom stereocenters. The molecule has 33 heavy (non-hydrogen) atoms. The highest BCUT2D eigenvalue weighted by Crippen LogP contribution is 2.45. The lowest BCUT2D eigenvalue weighted by Crippen LogP contribution is -2.42. The zero-order valence-corrected chi connectivity index (χ0v) is 17.0. The maximum atomic E-state index is 13.8. The fourth-order valence-corrected chi connectivity index (χ4v) is 3.82. The van der Waals surface area contributed by atoms with Crippen LogP contribution in [0.25, 0.3) is 22.8 Å². The van der Waals surface area contributed by atoms with Crippen LogP contribution in [0.1, 0.15) is 42.7 Å². The van der Waals surface area contributed by atoms with Gasteiger partial charge in [0.2, 0.25) is 5.60 Å². The molecule has 3 heterocycles. The molecule has 1 atom stereocenters. The smallest absolute Gasteiger partial charge is 0.416 e. The first kappa shape index (κ1) is 23.0. The Morgan fingerprint density at radius 1 is 0.970 bits per heavy atom. The maximum Gasteiger partial charge on any atom is 0.426 e. The van der Waals surface area contributed by atoms with Gasteiger partial charge in [0.05, 0.1) is 16.9 Å². The van der Waals surface area contributed by atoms with E-state index in [2.05, 4.69) is 15.2 Å². The fraction of sp³-hybridized carbons (Fsp3) is 0.381. The molecule has 0 spiro atoms. The first-order valence-electron chi connectivity index (χ1n) is 10.0. The number of fused-ring (bicyclic) bond motifs is 7. The third-order valence-corrected chi connectivity index (χ3v) is 5.56. The minimum atomic E-state index is -5.12. The number of hydrogen-bond acceptors (Lipinski definition) is 6. The molecule has 0 amide bonds. The topological polar surface area (TPSA) is 98.1 Å². The Kier molecular flexibility index (Phi) is 5.59. The van der Waals surface area contributed by atoms with Crippen LogP contribution in [0, 0.1) is 0 Å². The summed E-state index contributed by atoms with van der Waals surface area (Å²) in [5, 5.41) is 17.2. The summed E-state index contributed by atoms with van der Waals surface area (Å²) < 4.78 is 87.7. The van der Waals surface area contributed by atoms with Crippen LogP contribution in [-0.4, -0.2) is 26.5 Å². The van der Waals surface area contributed by atoms with Crippen molar-refractivity contribution >= 4 is 5.69 Å². The second-order valence-electron chi connectivity index (χ2n) is 7.81. The van der Waals surface area contributed by atoms with Gasteiger partial charge in [0.25, 0.3) is 11.8 Å². The normalized spacial score (nSPS) is 19.6. The van der Waals surface area contributed by atoms with Crippen LogP contribution in [0.4, 0.5) is 32.0 Å². The predicted octanol–water partition coefficient (Wildman–Crippen LogP) is 5.27. The Labute approximate surface area is 183 Å². The SMILES string of the molecule is Nc1cc(C(F)(F)F)c2nc1-c1nnc(o1)[C@@](O)(C(F)(F)F)CCCCCc1ccccc1-2. The number of alkyl halides is 6. The van der Waals surface area contributed by atoms with Crippen molar-refractivity contribution in [2.75, 3.05) is 5.73 Å². The summed E-state index contributed by atoms with van der Waals surface area (Å²) in [5.41, 5.74) is 0.636. The van der Waals surface area contributed by atoms with Gasteiger partial charge in [0, 0.05) is 5.56 Å². The molecule has 0 saturated carbocycles. The first-order chi connectivity index (χ1) is 15.4. The zero-order valence-electron chi connectivity index (χ0n) is 17.0. The number of hydrogen-bond donors (Lipinski definition) is 2. The average molecular weight is 472 g/mol. The van der Waals surface area contributed by atoms with Crippen molar-refractivity contribution in [1.82, 2.24) is 15.2 Å². The summed E-state index contributed by atoms with van der Waals surface area (Å²) in [6.07, 6.45) is -9.72. The van der Waals surface area contributed by atoms with Crippen molar-refractivity contribution in [3.05, 3.63) is 47.3 Å². The number of pyridine rings is 1. The van der Waals surface area contributed by atoms with Gasteiger partial charge in [0.15, 0.2) is 5.69 Å². The number of halogens is 6. The van der Waals surface area contributed by atoms with Crippen molar-refractivity contribution in [2.45, 2.75) is 50.1 Å². The summed E-state index contributed by atoms with van der Waals surface area (Å²) in [7, 11) is 0. The van der Waals surface area contributed by atoms with E-state index < -0.39 is 58.8 Å². The van der Waals surface area contributed by atoms with Crippen molar-refractivity contribution in [2.24, 2.45) is 0 Å². The van der Waals surface area contributed by atoms with E-state index >= 15 is 0 Å². The monoisotopic (exact) mass is 472 g/mol. The van der Waals surface area contributed by atoms with Gasteiger partial charge in [-0.3, -0.25) is 0 Å². The quantitative estimate of drug-likeness (QED) is 0.433. The van der Waals surface area contributed by atoms with E-state index in [4.69, 9.17) is 10.2 Å². The number of nitrogen functional groups attached to an aromatic ring is 1. The summed E-state index contributed by atoms with van der Waals surface area (Å²) in [6.45, 7) is 0. The molecule has 4 bridgehead atoms. The number of aromatic nitrogens is 3. The fourth-order valence-electron chi connectivity index (χ4n) is 3.82. The van der Waals surface area contributed by atoms with E-state index in [9.17, 15) is 31.4 Å². The van der Waals surface area contributed by atoms with Gasteiger partial charge < -0.3 is 15.3 Å².